The summed E-state index contributed by atoms with van der Waals surface area (Å²) < 4.78 is 9.59. The van der Waals surface area contributed by atoms with E-state index in [9.17, 15) is 4.79 Å². The lowest BCUT2D eigenvalue weighted by Crippen LogP contribution is -2.14. The number of carbonyl (C=O) groups excluding carboxylic acids is 1. The number of nitrogens with zero attached hydrogens (tertiary/aromatic N) is 6. The predicted molar refractivity (Wildman–Crippen MR) is 142 cm³/mol. The highest BCUT2D eigenvalue weighted by Crippen LogP contribution is 2.40. The van der Waals surface area contributed by atoms with Crippen LogP contribution in [-0.4, -0.2) is 42.1 Å². The van der Waals surface area contributed by atoms with E-state index in [-0.39, 0.29) is 11.8 Å². The maximum atomic E-state index is 12.4. The van der Waals surface area contributed by atoms with E-state index in [1.54, 1.807) is 11.8 Å². The highest BCUT2D eigenvalue weighted by atomic mass is 127. The number of nitrogens with one attached hydrogen (secondary N) is 2. The Morgan fingerprint density at radius 3 is 2.65 bits per heavy atom. The molecule has 3 aromatic heterocycles. The Hall–Kier alpha value is -2.79. The highest BCUT2D eigenvalue weighted by molar-refractivity contribution is 14.2. The van der Waals surface area contributed by atoms with Crippen LogP contribution in [0.5, 0.6) is 5.75 Å². The number of methoxy groups -OCH3 is 1. The molecule has 0 bridgehead atoms. The summed E-state index contributed by atoms with van der Waals surface area (Å²) in [6.45, 7) is 3.81. The van der Waals surface area contributed by atoms with Gasteiger partial charge in [0, 0.05) is 19.0 Å². The Kier molecular flexibility index (Phi) is 6.15. The van der Waals surface area contributed by atoms with Crippen molar-refractivity contribution in [3.05, 3.63) is 35.9 Å². The van der Waals surface area contributed by atoms with Crippen molar-refractivity contribution >= 4 is 62.7 Å². The van der Waals surface area contributed by atoms with Crippen LogP contribution in [0, 0.1) is 19.8 Å². The van der Waals surface area contributed by atoms with E-state index in [2.05, 4.69) is 42.8 Å². The minimum atomic E-state index is 0.00902. The fourth-order valence-corrected chi connectivity index (χ4v) is 6.05. The topological polar surface area (TPSA) is 112 Å². The van der Waals surface area contributed by atoms with Gasteiger partial charge in [0.25, 0.3) is 0 Å². The average Bonchev–Trinajstić information content (AvgIpc) is 3.53. The van der Waals surface area contributed by atoms with Crippen molar-refractivity contribution in [3.63, 3.8) is 0 Å². The van der Waals surface area contributed by atoms with Gasteiger partial charge >= 0.3 is 0 Å². The average molecular weight is 590 g/mol. The molecule has 1 fully saturated rings. The minimum absolute atomic E-state index is 0.00902. The van der Waals surface area contributed by atoms with Crippen molar-refractivity contribution in [1.29, 1.82) is 0 Å². The van der Waals surface area contributed by atoms with Gasteiger partial charge in [-0.05, 0) is 60.9 Å². The first-order chi connectivity index (χ1) is 16.4. The molecule has 2 N–H and O–H groups in total. The van der Waals surface area contributed by atoms with Gasteiger partial charge in [-0.3, -0.25) is 9.13 Å². The van der Waals surface area contributed by atoms with Crippen molar-refractivity contribution in [3.8, 4) is 17.1 Å². The molecule has 34 heavy (non-hydrogen) atoms. The van der Waals surface area contributed by atoms with Crippen molar-refractivity contribution in [2.24, 2.45) is 13.0 Å². The van der Waals surface area contributed by atoms with E-state index < -0.39 is 0 Å². The third-order valence-corrected chi connectivity index (χ3v) is 7.82. The summed E-state index contributed by atoms with van der Waals surface area (Å²) in [5, 5.41) is 10.8. The van der Waals surface area contributed by atoms with Crippen molar-refractivity contribution in [2.45, 2.75) is 26.7 Å². The first-order valence-electron chi connectivity index (χ1n) is 10.8. The van der Waals surface area contributed by atoms with E-state index in [0.717, 1.165) is 46.8 Å². The van der Waals surface area contributed by atoms with E-state index >= 15 is 0 Å². The molecule has 1 aromatic carbocycles. The normalized spacial score (nSPS) is 13.7. The SMILES string of the molecule is COc1c(Nc2cc(NC(=O)C3CC3)nc3c2nc(C)n3PI)cccc1-c1nc(C)nn1C. The summed E-state index contributed by atoms with van der Waals surface area (Å²) in [6.07, 6.45) is 2.28. The lowest BCUT2D eigenvalue weighted by Gasteiger charge is -2.16. The molecule has 5 rings (SSSR count). The number of hydrogen-bond acceptors (Lipinski definition) is 7. The summed E-state index contributed by atoms with van der Waals surface area (Å²) >= 11 is 2.31. The maximum absolute atomic E-state index is 12.4. The molecule has 10 nitrogen and oxygen atoms in total. The van der Waals surface area contributed by atoms with Crippen molar-refractivity contribution < 1.29 is 9.53 Å². The van der Waals surface area contributed by atoms with Crippen LogP contribution in [0.15, 0.2) is 24.3 Å². The van der Waals surface area contributed by atoms with Crippen LogP contribution >= 0.6 is 28.4 Å². The molecule has 12 heteroatoms. The molecule has 1 atom stereocenters. The number of para-hydroxylation sites is 1. The minimum Gasteiger partial charge on any atom is -0.494 e. The Morgan fingerprint density at radius 2 is 2.00 bits per heavy atom. The van der Waals surface area contributed by atoms with E-state index in [1.165, 1.54) is 0 Å². The van der Waals surface area contributed by atoms with Crippen LogP contribution in [0.25, 0.3) is 22.6 Å². The Bertz CT molecular complexity index is 1410. The fraction of sp³-hybridized carbons (Fsp3) is 0.318. The second kappa shape index (κ2) is 9.10. The van der Waals surface area contributed by atoms with Crippen LogP contribution < -0.4 is 15.4 Å². The van der Waals surface area contributed by atoms with Gasteiger partial charge in [0.2, 0.25) is 5.91 Å². The molecule has 1 aliphatic carbocycles. The molecular weight excluding hydrogens is 566 g/mol. The van der Waals surface area contributed by atoms with Crippen LogP contribution in [0.1, 0.15) is 24.5 Å². The standard InChI is InChI=1S/C22H24IN8O2P/c1-11-24-20(30(3)29-11)14-6-5-7-15(19(14)33-4)26-16-10-17(28-22(32)13-8-9-13)27-21-18(16)25-12(2)31(21)34-23/h5-7,10,13,34H,8-9H2,1-4H3,(H2,26,27,28,32). The number of aromatic nitrogens is 6. The van der Waals surface area contributed by atoms with Crippen LogP contribution in [-0.2, 0) is 11.8 Å². The smallest absolute Gasteiger partial charge is 0.228 e. The van der Waals surface area contributed by atoms with Gasteiger partial charge in [0.1, 0.15) is 23.0 Å². The number of halogens is 1. The van der Waals surface area contributed by atoms with Gasteiger partial charge in [-0.2, -0.15) is 5.10 Å². The summed E-state index contributed by atoms with van der Waals surface area (Å²) in [4.78, 5) is 26.5. The summed E-state index contributed by atoms with van der Waals surface area (Å²) in [5.74, 6) is 3.49. The molecule has 0 aliphatic heterocycles. The molecule has 1 unspecified atom stereocenters. The quantitative estimate of drug-likeness (QED) is 0.236. The molecule has 0 saturated heterocycles. The van der Waals surface area contributed by atoms with Crippen molar-refractivity contribution in [2.75, 3.05) is 17.7 Å². The van der Waals surface area contributed by atoms with Gasteiger partial charge in [-0.25, -0.2) is 19.6 Å². The zero-order chi connectivity index (χ0) is 24.0. The maximum Gasteiger partial charge on any atom is 0.228 e. The van der Waals surface area contributed by atoms with E-state index in [1.807, 2.05) is 49.5 Å². The third kappa shape index (κ3) is 4.22. The van der Waals surface area contributed by atoms with Gasteiger partial charge in [0.05, 0.1) is 30.4 Å². The Labute approximate surface area is 211 Å². The first-order valence-corrected chi connectivity index (χ1v) is 14.9. The second-order valence-corrected chi connectivity index (χ2v) is 10.3. The van der Waals surface area contributed by atoms with Gasteiger partial charge < -0.3 is 15.4 Å². The van der Waals surface area contributed by atoms with Gasteiger partial charge in [-0.1, -0.05) is 6.07 Å². The zero-order valence-corrected chi connectivity index (χ0v) is 22.3. The molecular formula is C22H24IN8O2P. The molecule has 0 radical (unpaired) electrons. The van der Waals surface area contributed by atoms with Crippen LogP contribution in [0.2, 0.25) is 0 Å². The molecule has 1 amide bonds. The fourth-order valence-electron chi connectivity index (χ4n) is 3.91. The number of amides is 1. The Morgan fingerprint density at radius 1 is 1.21 bits per heavy atom. The Balaban J connectivity index is 1.61. The molecule has 1 saturated carbocycles. The summed E-state index contributed by atoms with van der Waals surface area (Å²) in [7, 11) is 3.49. The number of aryl methyl sites for hydroxylation is 3. The van der Waals surface area contributed by atoms with E-state index in [4.69, 9.17) is 14.7 Å². The van der Waals surface area contributed by atoms with Crippen LogP contribution in [0.4, 0.5) is 17.2 Å². The molecule has 176 valence electrons. The second-order valence-electron chi connectivity index (χ2n) is 8.19. The third-order valence-electron chi connectivity index (χ3n) is 5.67. The number of carbonyl (C=O) groups is 1. The largest absolute Gasteiger partial charge is 0.494 e. The lowest BCUT2D eigenvalue weighted by molar-refractivity contribution is -0.117. The first kappa shape index (κ1) is 23.0. The molecule has 3 heterocycles. The molecule has 4 aromatic rings. The summed E-state index contributed by atoms with van der Waals surface area (Å²) in [6, 6.07) is 7.65. The number of pyridine rings is 1. The number of fused-ring (bicyclic) bond motifs is 1. The summed E-state index contributed by atoms with van der Waals surface area (Å²) in [5.41, 5.74) is 3.75. The number of hydrogen-bond donors (Lipinski definition) is 2. The van der Waals surface area contributed by atoms with Crippen molar-refractivity contribution in [1.82, 2.24) is 29.1 Å². The molecule has 0 spiro atoms. The zero-order valence-electron chi connectivity index (χ0n) is 19.2. The number of rotatable bonds is 7. The number of imidazole rings is 1. The number of benzene rings is 1. The predicted octanol–water partition coefficient (Wildman–Crippen LogP) is 4.74. The van der Waals surface area contributed by atoms with E-state index in [0.29, 0.717) is 29.6 Å². The molecule has 1 aliphatic rings. The van der Waals surface area contributed by atoms with Gasteiger partial charge in [0.15, 0.2) is 17.2 Å². The number of ether oxygens (including phenoxy) is 1. The van der Waals surface area contributed by atoms with Crippen LogP contribution in [0.3, 0.4) is 0 Å². The lowest BCUT2D eigenvalue weighted by atomic mass is 10.1. The highest BCUT2D eigenvalue weighted by Gasteiger charge is 2.30. The number of anilines is 3. The van der Waals surface area contributed by atoms with Gasteiger partial charge in [-0.15, -0.1) is 0 Å². The monoisotopic (exact) mass is 590 g/mol.